The van der Waals surface area contributed by atoms with E-state index in [1.165, 1.54) is 17.8 Å². The molecule has 2 aromatic heterocycles. The summed E-state index contributed by atoms with van der Waals surface area (Å²) in [4.78, 5) is 18.9. The van der Waals surface area contributed by atoms with Crippen LogP contribution in [0.4, 0.5) is 0 Å². The second kappa shape index (κ2) is 3.76. The van der Waals surface area contributed by atoms with Crippen LogP contribution in [-0.2, 0) is 6.42 Å². The van der Waals surface area contributed by atoms with Crippen LogP contribution in [0.25, 0.3) is 5.78 Å². The number of fused-ring (bicyclic) bond motifs is 1. The van der Waals surface area contributed by atoms with Crippen molar-refractivity contribution in [2.75, 3.05) is 7.11 Å². The molecular weight excluding hydrogens is 212 g/mol. The van der Waals surface area contributed by atoms with Crippen molar-refractivity contribution in [3.8, 4) is 5.88 Å². The Morgan fingerprint density at radius 1 is 1.62 bits per heavy atom. The predicted molar refractivity (Wildman–Crippen MR) is 53.7 cm³/mol. The number of carboxylic acids is 1. The molecule has 0 fully saturated rings. The van der Waals surface area contributed by atoms with Crippen molar-refractivity contribution in [3.05, 3.63) is 17.6 Å². The van der Waals surface area contributed by atoms with E-state index in [0.717, 1.165) is 0 Å². The SMILES string of the molecule is CCc1nc2ncc(C(=O)O)c(OC)n2n1. The zero-order valence-electron chi connectivity index (χ0n) is 8.84. The first-order valence-corrected chi connectivity index (χ1v) is 4.69. The first kappa shape index (κ1) is 10.3. The van der Waals surface area contributed by atoms with Crippen LogP contribution < -0.4 is 4.74 Å². The normalized spacial score (nSPS) is 10.6. The first-order valence-electron chi connectivity index (χ1n) is 4.69. The number of rotatable bonds is 3. The van der Waals surface area contributed by atoms with Gasteiger partial charge in [-0.25, -0.2) is 9.78 Å². The summed E-state index contributed by atoms with van der Waals surface area (Å²) >= 11 is 0. The van der Waals surface area contributed by atoms with Crippen molar-refractivity contribution >= 4 is 11.7 Å². The molecule has 0 saturated heterocycles. The molecule has 7 heteroatoms. The predicted octanol–water partition coefficient (Wildman–Crippen LogP) is 0.393. The number of carboxylic acid groups (broad SMARTS) is 1. The second-order valence-corrected chi connectivity index (χ2v) is 3.08. The average Bonchev–Trinajstić information content (AvgIpc) is 2.69. The summed E-state index contributed by atoms with van der Waals surface area (Å²) in [7, 11) is 1.38. The maximum absolute atomic E-state index is 10.9. The number of hydrogen-bond donors (Lipinski definition) is 1. The van der Waals surface area contributed by atoms with Gasteiger partial charge in [0, 0.05) is 6.42 Å². The summed E-state index contributed by atoms with van der Waals surface area (Å²) in [5, 5.41) is 13.0. The van der Waals surface area contributed by atoms with E-state index in [9.17, 15) is 4.79 Å². The van der Waals surface area contributed by atoms with Gasteiger partial charge in [0.2, 0.25) is 5.88 Å². The third kappa shape index (κ3) is 1.46. The van der Waals surface area contributed by atoms with Gasteiger partial charge in [-0.3, -0.25) is 0 Å². The number of aromatic nitrogens is 4. The fourth-order valence-corrected chi connectivity index (χ4v) is 1.35. The van der Waals surface area contributed by atoms with E-state index in [0.29, 0.717) is 18.0 Å². The molecule has 0 atom stereocenters. The van der Waals surface area contributed by atoms with Crippen molar-refractivity contribution < 1.29 is 14.6 Å². The number of carbonyl (C=O) groups is 1. The second-order valence-electron chi connectivity index (χ2n) is 3.08. The third-order valence-electron chi connectivity index (χ3n) is 2.11. The zero-order valence-corrected chi connectivity index (χ0v) is 8.84. The number of aryl methyl sites for hydroxylation is 1. The van der Waals surface area contributed by atoms with Gasteiger partial charge in [0.05, 0.1) is 13.3 Å². The van der Waals surface area contributed by atoms with Gasteiger partial charge in [-0.1, -0.05) is 6.92 Å². The van der Waals surface area contributed by atoms with Crippen molar-refractivity contribution in [2.24, 2.45) is 0 Å². The quantitative estimate of drug-likeness (QED) is 0.808. The topological polar surface area (TPSA) is 89.6 Å². The Balaban J connectivity index is 2.74. The molecule has 0 saturated carbocycles. The molecule has 16 heavy (non-hydrogen) atoms. The van der Waals surface area contributed by atoms with Gasteiger partial charge in [-0.05, 0) is 0 Å². The summed E-state index contributed by atoms with van der Waals surface area (Å²) in [6.07, 6.45) is 1.86. The van der Waals surface area contributed by atoms with E-state index in [1.807, 2.05) is 6.92 Å². The fraction of sp³-hybridized carbons (Fsp3) is 0.333. The fourth-order valence-electron chi connectivity index (χ4n) is 1.35. The van der Waals surface area contributed by atoms with Crippen LogP contribution >= 0.6 is 0 Å². The van der Waals surface area contributed by atoms with Gasteiger partial charge in [0.1, 0.15) is 5.56 Å². The Morgan fingerprint density at radius 3 is 2.94 bits per heavy atom. The van der Waals surface area contributed by atoms with Crippen LogP contribution in [-0.4, -0.2) is 37.8 Å². The summed E-state index contributed by atoms with van der Waals surface area (Å²) in [5.74, 6) is -0.0588. The smallest absolute Gasteiger partial charge is 0.342 e. The highest BCUT2D eigenvalue weighted by Gasteiger charge is 2.17. The Morgan fingerprint density at radius 2 is 2.38 bits per heavy atom. The standard InChI is InChI=1S/C9H10N4O3/c1-3-6-11-9-10-4-5(8(14)15)7(16-2)13(9)12-6/h4H,3H2,1-2H3,(H,14,15). The number of ether oxygens (including phenoxy) is 1. The lowest BCUT2D eigenvalue weighted by Crippen LogP contribution is -2.07. The molecule has 0 aliphatic carbocycles. The summed E-state index contributed by atoms with van der Waals surface area (Å²) in [6, 6.07) is 0. The Labute approximate surface area is 90.7 Å². The van der Waals surface area contributed by atoms with Crippen LogP contribution in [0.5, 0.6) is 5.88 Å². The first-order chi connectivity index (χ1) is 7.67. The molecule has 0 radical (unpaired) electrons. The van der Waals surface area contributed by atoms with E-state index >= 15 is 0 Å². The van der Waals surface area contributed by atoms with E-state index < -0.39 is 5.97 Å². The summed E-state index contributed by atoms with van der Waals surface area (Å²) in [5.41, 5.74) is -0.0393. The van der Waals surface area contributed by atoms with Crippen molar-refractivity contribution in [1.82, 2.24) is 19.6 Å². The van der Waals surface area contributed by atoms with Crippen molar-refractivity contribution in [1.29, 1.82) is 0 Å². The molecule has 2 rings (SSSR count). The van der Waals surface area contributed by atoms with E-state index in [-0.39, 0.29) is 11.4 Å². The lowest BCUT2D eigenvalue weighted by Gasteiger charge is -2.04. The number of nitrogens with zero attached hydrogens (tertiary/aromatic N) is 4. The third-order valence-corrected chi connectivity index (χ3v) is 2.11. The minimum atomic E-state index is -1.11. The van der Waals surface area contributed by atoms with Gasteiger partial charge < -0.3 is 9.84 Å². The Bertz CT molecular complexity index is 549. The molecule has 0 bridgehead atoms. The molecule has 0 aliphatic heterocycles. The minimum Gasteiger partial charge on any atom is -0.480 e. The summed E-state index contributed by atoms with van der Waals surface area (Å²) < 4.78 is 6.31. The Kier molecular flexibility index (Phi) is 2.43. The molecule has 1 N–H and O–H groups in total. The molecule has 0 amide bonds. The number of methoxy groups -OCH3 is 1. The van der Waals surface area contributed by atoms with Crippen LogP contribution in [0.2, 0.25) is 0 Å². The molecule has 0 spiro atoms. The lowest BCUT2D eigenvalue weighted by atomic mass is 10.3. The largest absolute Gasteiger partial charge is 0.480 e. The van der Waals surface area contributed by atoms with Gasteiger partial charge in [0.15, 0.2) is 5.82 Å². The van der Waals surface area contributed by atoms with Gasteiger partial charge in [-0.2, -0.15) is 9.50 Å². The molecule has 0 aromatic carbocycles. The van der Waals surface area contributed by atoms with Gasteiger partial charge >= 0.3 is 5.97 Å². The van der Waals surface area contributed by atoms with Crippen LogP contribution in [0.1, 0.15) is 23.1 Å². The highest BCUT2D eigenvalue weighted by Crippen LogP contribution is 2.17. The maximum Gasteiger partial charge on any atom is 0.342 e. The van der Waals surface area contributed by atoms with Crippen molar-refractivity contribution in [3.63, 3.8) is 0 Å². The molecule has 0 unspecified atom stereocenters. The molecule has 0 aliphatic rings. The van der Waals surface area contributed by atoms with Crippen molar-refractivity contribution in [2.45, 2.75) is 13.3 Å². The van der Waals surface area contributed by atoms with Crippen LogP contribution in [0, 0.1) is 0 Å². The summed E-state index contributed by atoms with van der Waals surface area (Å²) in [6.45, 7) is 1.90. The Hall–Kier alpha value is -2.18. The molecule has 2 heterocycles. The molecular formula is C9H10N4O3. The van der Waals surface area contributed by atoms with Crippen LogP contribution in [0.15, 0.2) is 6.20 Å². The van der Waals surface area contributed by atoms with E-state index in [4.69, 9.17) is 9.84 Å². The lowest BCUT2D eigenvalue weighted by molar-refractivity contribution is 0.0691. The zero-order chi connectivity index (χ0) is 11.7. The van der Waals surface area contributed by atoms with Gasteiger partial charge in [-0.15, -0.1) is 5.10 Å². The molecule has 7 nitrogen and oxygen atoms in total. The van der Waals surface area contributed by atoms with Crippen LogP contribution in [0.3, 0.4) is 0 Å². The average molecular weight is 222 g/mol. The maximum atomic E-state index is 10.9. The monoisotopic (exact) mass is 222 g/mol. The molecule has 2 aromatic rings. The van der Waals surface area contributed by atoms with E-state index in [1.54, 1.807) is 0 Å². The highest BCUT2D eigenvalue weighted by molar-refractivity contribution is 5.90. The minimum absolute atomic E-state index is 0.0393. The molecule has 84 valence electrons. The highest BCUT2D eigenvalue weighted by atomic mass is 16.5. The number of aromatic carboxylic acids is 1. The van der Waals surface area contributed by atoms with E-state index in [2.05, 4.69) is 15.1 Å². The number of hydrogen-bond acceptors (Lipinski definition) is 5. The van der Waals surface area contributed by atoms with Gasteiger partial charge in [0.25, 0.3) is 5.78 Å².